The Kier molecular flexibility index (Phi) is 3.01. The Balaban J connectivity index is 2.05. The molecule has 3 amide bonds. The first-order valence-electron chi connectivity index (χ1n) is 6.82. The Morgan fingerprint density at radius 3 is 2.60 bits per heavy atom. The predicted molar refractivity (Wildman–Crippen MR) is 77.8 cm³/mol. The van der Waals surface area contributed by atoms with Gasteiger partial charge in [0, 0.05) is 6.54 Å². The number of piperidine rings is 1. The highest BCUT2D eigenvalue weighted by atomic mass is 35.5. The van der Waals surface area contributed by atoms with E-state index in [1.165, 1.54) is 4.90 Å². The minimum Gasteiger partial charge on any atom is -0.311 e. The molecular weight excluding hydrogens is 276 g/mol. The number of halogens is 1. The number of hydrogen-bond donors (Lipinski definition) is 0. The van der Waals surface area contributed by atoms with Crippen molar-refractivity contribution in [1.82, 2.24) is 4.90 Å². The molecule has 0 bridgehead atoms. The van der Waals surface area contributed by atoms with Crippen LogP contribution in [0.1, 0.15) is 26.7 Å². The fourth-order valence-corrected chi connectivity index (χ4v) is 3.49. The maximum absolute atomic E-state index is 12.7. The highest BCUT2D eigenvalue weighted by Crippen LogP contribution is 2.42. The highest BCUT2D eigenvalue weighted by Gasteiger charge is 2.54. The third kappa shape index (κ3) is 1.82. The summed E-state index contributed by atoms with van der Waals surface area (Å²) in [5.41, 5.74) is 0.287. The molecule has 106 valence electrons. The molecule has 2 aliphatic rings. The number of rotatable bonds is 1. The minimum absolute atomic E-state index is 0.159. The molecule has 1 atom stereocenters. The van der Waals surface area contributed by atoms with Crippen molar-refractivity contribution in [3.8, 4) is 0 Å². The molecular formula is C15H17ClN2O2. The molecule has 2 aliphatic heterocycles. The van der Waals surface area contributed by atoms with E-state index in [1.54, 1.807) is 29.2 Å². The van der Waals surface area contributed by atoms with E-state index in [0.717, 1.165) is 12.8 Å². The number of imide groups is 1. The van der Waals surface area contributed by atoms with E-state index in [1.807, 2.05) is 13.8 Å². The van der Waals surface area contributed by atoms with Gasteiger partial charge in [-0.05, 0) is 30.4 Å². The van der Waals surface area contributed by atoms with Gasteiger partial charge in [-0.25, -0.2) is 9.69 Å². The number of amides is 3. The van der Waals surface area contributed by atoms with Gasteiger partial charge in [-0.3, -0.25) is 4.79 Å². The van der Waals surface area contributed by atoms with E-state index >= 15 is 0 Å². The van der Waals surface area contributed by atoms with E-state index in [0.29, 0.717) is 17.3 Å². The number of carbonyl (C=O) groups is 2. The predicted octanol–water partition coefficient (Wildman–Crippen LogP) is 3.30. The van der Waals surface area contributed by atoms with Crippen molar-refractivity contribution in [2.45, 2.75) is 32.7 Å². The molecule has 0 aliphatic carbocycles. The second-order valence-corrected chi connectivity index (χ2v) is 6.50. The van der Waals surface area contributed by atoms with Crippen LogP contribution in [0.5, 0.6) is 0 Å². The van der Waals surface area contributed by atoms with Gasteiger partial charge in [0.2, 0.25) is 0 Å². The van der Waals surface area contributed by atoms with Gasteiger partial charge in [0.1, 0.15) is 6.04 Å². The maximum atomic E-state index is 12.7. The molecule has 0 saturated carbocycles. The van der Waals surface area contributed by atoms with E-state index in [-0.39, 0.29) is 23.4 Å². The lowest BCUT2D eigenvalue weighted by Gasteiger charge is -2.39. The normalized spacial score (nSPS) is 25.1. The van der Waals surface area contributed by atoms with Gasteiger partial charge < -0.3 is 4.90 Å². The van der Waals surface area contributed by atoms with E-state index in [4.69, 9.17) is 11.6 Å². The number of hydrogen-bond acceptors (Lipinski definition) is 2. The van der Waals surface area contributed by atoms with Crippen LogP contribution in [0.25, 0.3) is 0 Å². The summed E-state index contributed by atoms with van der Waals surface area (Å²) in [5.74, 6) is -0.159. The second kappa shape index (κ2) is 4.48. The third-order valence-electron chi connectivity index (χ3n) is 4.26. The van der Waals surface area contributed by atoms with Crippen molar-refractivity contribution in [3.63, 3.8) is 0 Å². The van der Waals surface area contributed by atoms with E-state index in [9.17, 15) is 9.59 Å². The third-order valence-corrected chi connectivity index (χ3v) is 4.58. The Hall–Kier alpha value is -1.55. The average molecular weight is 293 g/mol. The SMILES string of the molecule is CC1(C)CCCN2C(=O)N(c3ccccc3Cl)C(=O)C21. The smallest absolute Gasteiger partial charge is 0.311 e. The summed E-state index contributed by atoms with van der Waals surface area (Å²) in [4.78, 5) is 28.2. The zero-order chi connectivity index (χ0) is 14.5. The van der Waals surface area contributed by atoms with Crippen LogP contribution in [0.2, 0.25) is 5.02 Å². The first-order chi connectivity index (χ1) is 9.43. The summed E-state index contributed by atoms with van der Waals surface area (Å²) in [6.45, 7) is 4.73. The van der Waals surface area contributed by atoms with Crippen molar-refractivity contribution in [3.05, 3.63) is 29.3 Å². The molecule has 3 rings (SSSR count). The minimum atomic E-state index is -0.375. The van der Waals surface area contributed by atoms with Crippen molar-refractivity contribution < 1.29 is 9.59 Å². The van der Waals surface area contributed by atoms with Crippen LogP contribution in [0.3, 0.4) is 0 Å². The molecule has 1 aromatic rings. The zero-order valence-electron chi connectivity index (χ0n) is 11.6. The quantitative estimate of drug-likeness (QED) is 0.745. The zero-order valence-corrected chi connectivity index (χ0v) is 12.4. The van der Waals surface area contributed by atoms with Crippen LogP contribution >= 0.6 is 11.6 Å². The Morgan fingerprint density at radius 1 is 1.25 bits per heavy atom. The maximum Gasteiger partial charge on any atom is 0.332 e. The van der Waals surface area contributed by atoms with Crippen molar-refractivity contribution in [2.75, 3.05) is 11.4 Å². The first-order valence-corrected chi connectivity index (χ1v) is 7.20. The van der Waals surface area contributed by atoms with Crippen LogP contribution in [0, 0.1) is 5.41 Å². The Morgan fingerprint density at radius 2 is 1.95 bits per heavy atom. The lowest BCUT2D eigenvalue weighted by molar-refractivity contribution is -0.124. The molecule has 0 spiro atoms. The number of para-hydroxylation sites is 1. The molecule has 1 unspecified atom stereocenters. The van der Waals surface area contributed by atoms with Gasteiger partial charge in [0.05, 0.1) is 10.7 Å². The summed E-state index contributed by atoms with van der Waals surface area (Å²) in [5, 5.41) is 0.423. The lowest BCUT2D eigenvalue weighted by atomic mass is 9.77. The summed E-state index contributed by atoms with van der Waals surface area (Å²) in [6.07, 6.45) is 1.88. The molecule has 2 saturated heterocycles. The molecule has 5 heteroatoms. The fourth-order valence-electron chi connectivity index (χ4n) is 3.27. The number of anilines is 1. The number of fused-ring (bicyclic) bond motifs is 1. The molecule has 4 nitrogen and oxygen atoms in total. The highest BCUT2D eigenvalue weighted by molar-refractivity contribution is 6.36. The number of benzene rings is 1. The van der Waals surface area contributed by atoms with Crippen molar-refractivity contribution >= 4 is 29.2 Å². The van der Waals surface area contributed by atoms with Crippen molar-refractivity contribution in [1.29, 1.82) is 0 Å². The number of urea groups is 1. The standard InChI is InChI=1S/C15H17ClN2O2/c1-15(2)8-5-9-17-12(15)13(19)18(14(17)20)11-7-4-3-6-10(11)16/h3-4,6-7,12H,5,8-9H2,1-2H3. The van der Waals surface area contributed by atoms with Gasteiger partial charge >= 0.3 is 6.03 Å². The molecule has 2 heterocycles. The van der Waals surface area contributed by atoms with Crippen LogP contribution < -0.4 is 4.90 Å². The van der Waals surface area contributed by atoms with Crippen molar-refractivity contribution in [2.24, 2.45) is 5.41 Å². The second-order valence-electron chi connectivity index (χ2n) is 6.10. The van der Waals surface area contributed by atoms with Gasteiger partial charge in [0.25, 0.3) is 5.91 Å². The first kappa shape index (κ1) is 13.4. The number of nitrogens with zero attached hydrogens (tertiary/aromatic N) is 2. The molecule has 0 N–H and O–H groups in total. The van der Waals surface area contributed by atoms with Gasteiger partial charge in [0.15, 0.2) is 0 Å². The molecule has 2 fully saturated rings. The monoisotopic (exact) mass is 292 g/mol. The molecule has 0 aromatic heterocycles. The lowest BCUT2D eigenvalue weighted by Crippen LogP contribution is -2.49. The van der Waals surface area contributed by atoms with Crippen LogP contribution in [0.4, 0.5) is 10.5 Å². The fraction of sp³-hybridized carbons (Fsp3) is 0.467. The van der Waals surface area contributed by atoms with Crippen LogP contribution in [-0.4, -0.2) is 29.4 Å². The summed E-state index contributed by atoms with van der Waals surface area (Å²) < 4.78 is 0. The van der Waals surface area contributed by atoms with Gasteiger partial charge in [-0.1, -0.05) is 37.6 Å². The average Bonchev–Trinajstić information content (AvgIpc) is 2.64. The van der Waals surface area contributed by atoms with E-state index < -0.39 is 0 Å². The van der Waals surface area contributed by atoms with Crippen LogP contribution in [-0.2, 0) is 4.79 Å². The molecule has 1 aromatic carbocycles. The molecule has 20 heavy (non-hydrogen) atoms. The summed E-state index contributed by atoms with van der Waals surface area (Å²) in [7, 11) is 0. The summed E-state index contributed by atoms with van der Waals surface area (Å²) >= 11 is 6.14. The van der Waals surface area contributed by atoms with Gasteiger partial charge in [-0.2, -0.15) is 0 Å². The Bertz CT molecular complexity index is 585. The topological polar surface area (TPSA) is 40.6 Å². The van der Waals surface area contributed by atoms with Gasteiger partial charge in [-0.15, -0.1) is 0 Å². The number of carbonyl (C=O) groups excluding carboxylic acids is 2. The largest absolute Gasteiger partial charge is 0.332 e. The van der Waals surface area contributed by atoms with E-state index in [2.05, 4.69) is 0 Å². The van der Waals surface area contributed by atoms with Crippen LogP contribution in [0.15, 0.2) is 24.3 Å². The molecule has 0 radical (unpaired) electrons. The Labute approximate surface area is 123 Å². The summed E-state index contributed by atoms with van der Waals surface area (Å²) in [6, 6.07) is 6.35.